The fraction of sp³-hybridized carbons (Fsp3) is 0.353. The zero-order valence-corrected chi connectivity index (χ0v) is 14.3. The topological polar surface area (TPSA) is 85.8 Å². The number of nitro groups is 1. The lowest BCUT2D eigenvalue weighted by Crippen LogP contribution is -2.28. The summed E-state index contributed by atoms with van der Waals surface area (Å²) in [5.74, 6) is -1.30. The van der Waals surface area contributed by atoms with Crippen LogP contribution in [0.1, 0.15) is 35.0 Å². The van der Waals surface area contributed by atoms with Gasteiger partial charge in [-0.15, -0.1) is 12.4 Å². The number of nitrogens with zero attached hydrogens (tertiary/aromatic N) is 2. The predicted molar refractivity (Wildman–Crippen MR) is 92.9 cm³/mol. The molecule has 1 aromatic heterocycles. The number of furan rings is 1. The van der Waals surface area contributed by atoms with Crippen molar-refractivity contribution in [3.8, 4) is 0 Å². The average molecular weight is 367 g/mol. The van der Waals surface area contributed by atoms with Gasteiger partial charge in [-0.1, -0.05) is 30.3 Å². The Morgan fingerprint density at radius 3 is 2.72 bits per heavy atom. The van der Waals surface area contributed by atoms with Gasteiger partial charge in [0.15, 0.2) is 0 Å². The van der Waals surface area contributed by atoms with E-state index in [1.165, 1.54) is 11.6 Å². The number of benzene rings is 1. The van der Waals surface area contributed by atoms with Crippen molar-refractivity contribution in [1.82, 2.24) is 4.90 Å². The van der Waals surface area contributed by atoms with Crippen molar-refractivity contribution in [3.63, 3.8) is 0 Å². The molecule has 1 atom stereocenters. The van der Waals surface area contributed by atoms with Crippen LogP contribution in [0.15, 0.2) is 46.9 Å². The van der Waals surface area contributed by atoms with Crippen LogP contribution < -0.4 is 0 Å². The molecule has 1 aliphatic rings. The molecule has 1 aliphatic heterocycles. The first-order valence-corrected chi connectivity index (χ1v) is 7.85. The summed E-state index contributed by atoms with van der Waals surface area (Å²) in [7, 11) is 0. The predicted octanol–water partition coefficient (Wildman–Crippen LogP) is 3.60. The van der Waals surface area contributed by atoms with E-state index in [9.17, 15) is 14.9 Å². The van der Waals surface area contributed by atoms with Crippen LogP contribution >= 0.6 is 12.4 Å². The normalized spacial score (nSPS) is 17.0. The van der Waals surface area contributed by atoms with Crippen LogP contribution in [0, 0.1) is 10.1 Å². The summed E-state index contributed by atoms with van der Waals surface area (Å²) in [5, 5.41) is 10.5. The van der Waals surface area contributed by atoms with Gasteiger partial charge in [0.2, 0.25) is 5.76 Å². The molecule has 0 saturated carbocycles. The Morgan fingerprint density at radius 2 is 2.04 bits per heavy atom. The summed E-state index contributed by atoms with van der Waals surface area (Å²) in [6.45, 7) is 1.80. The lowest BCUT2D eigenvalue weighted by atomic mass is 10.0. The highest BCUT2D eigenvalue weighted by Gasteiger charge is 2.26. The Morgan fingerprint density at radius 1 is 1.28 bits per heavy atom. The molecule has 2 heterocycles. The summed E-state index contributed by atoms with van der Waals surface area (Å²) in [5.41, 5.74) is 1.27. The van der Waals surface area contributed by atoms with E-state index in [-0.39, 0.29) is 24.8 Å². The fourth-order valence-electron chi connectivity index (χ4n) is 3.01. The number of esters is 1. The van der Waals surface area contributed by atoms with Crippen LogP contribution in [0.3, 0.4) is 0 Å². The minimum atomic E-state index is -0.689. The van der Waals surface area contributed by atoms with Crippen molar-refractivity contribution in [3.05, 3.63) is 63.9 Å². The van der Waals surface area contributed by atoms with Crippen LogP contribution in [0.4, 0.5) is 5.88 Å². The molecule has 0 N–H and O–H groups in total. The van der Waals surface area contributed by atoms with Crippen LogP contribution in [0.5, 0.6) is 0 Å². The minimum absolute atomic E-state index is 0. The zero-order chi connectivity index (χ0) is 16.9. The van der Waals surface area contributed by atoms with Gasteiger partial charge >= 0.3 is 11.9 Å². The third-order valence-electron chi connectivity index (χ3n) is 4.13. The molecule has 7 nitrogen and oxygen atoms in total. The molecule has 3 rings (SSSR count). The third kappa shape index (κ3) is 4.58. The van der Waals surface area contributed by atoms with E-state index >= 15 is 0 Å². The summed E-state index contributed by atoms with van der Waals surface area (Å²) in [6, 6.07) is 13.0. The van der Waals surface area contributed by atoms with E-state index in [0.717, 1.165) is 25.5 Å². The first-order valence-electron chi connectivity index (χ1n) is 7.85. The summed E-state index contributed by atoms with van der Waals surface area (Å²) < 4.78 is 10.0. The highest BCUT2D eigenvalue weighted by atomic mass is 35.5. The van der Waals surface area contributed by atoms with Crippen molar-refractivity contribution in [2.24, 2.45) is 0 Å². The van der Waals surface area contributed by atoms with Gasteiger partial charge in [-0.05, 0) is 31.0 Å². The third-order valence-corrected chi connectivity index (χ3v) is 4.13. The molecule has 1 aromatic carbocycles. The second-order valence-corrected chi connectivity index (χ2v) is 5.64. The van der Waals surface area contributed by atoms with E-state index in [1.54, 1.807) is 0 Å². The Labute approximate surface area is 151 Å². The number of carbonyl (C=O) groups excluding carboxylic acids is 1. The highest BCUT2D eigenvalue weighted by Crippen LogP contribution is 2.31. The van der Waals surface area contributed by atoms with Gasteiger partial charge in [0.1, 0.15) is 11.5 Å². The quantitative estimate of drug-likeness (QED) is 0.441. The molecular formula is C17H19ClN2O5. The molecule has 25 heavy (non-hydrogen) atoms. The molecule has 1 fully saturated rings. The maximum atomic E-state index is 11.8. The smallest absolute Gasteiger partial charge is 0.433 e. The molecule has 0 aliphatic carbocycles. The summed E-state index contributed by atoms with van der Waals surface area (Å²) in [4.78, 5) is 24.0. The van der Waals surface area contributed by atoms with Gasteiger partial charge in [0.05, 0.1) is 6.07 Å². The maximum Gasteiger partial charge on any atom is 0.433 e. The Balaban J connectivity index is 0.00000225. The number of ether oxygens (including phenoxy) is 1. The number of hydrogen-bond donors (Lipinski definition) is 0. The summed E-state index contributed by atoms with van der Waals surface area (Å²) in [6.07, 6.45) is 2.19. The number of hydrogen-bond acceptors (Lipinski definition) is 6. The van der Waals surface area contributed by atoms with Crippen molar-refractivity contribution in [1.29, 1.82) is 0 Å². The number of likely N-dealkylation sites (tertiary alicyclic amines) is 1. The van der Waals surface area contributed by atoms with Crippen LogP contribution in [-0.2, 0) is 4.74 Å². The molecule has 0 bridgehead atoms. The maximum absolute atomic E-state index is 11.8. The molecule has 134 valence electrons. The molecule has 8 heteroatoms. The number of carbonyl (C=O) groups is 1. The van der Waals surface area contributed by atoms with Gasteiger partial charge < -0.3 is 9.15 Å². The van der Waals surface area contributed by atoms with E-state index in [1.807, 2.05) is 18.2 Å². The van der Waals surface area contributed by atoms with Gasteiger partial charge in [-0.2, -0.15) is 0 Å². The lowest BCUT2D eigenvalue weighted by molar-refractivity contribution is -0.402. The van der Waals surface area contributed by atoms with Crippen molar-refractivity contribution in [2.75, 3.05) is 19.7 Å². The second kappa shape index (κ2) is 8.64. The molecule has 0 radical (unpaired) electrons. The van der Waals surface area contributed by atoms with E-state index in [2.05, 4.69) is 17.0 Å². The van der Waals surface area contributed by atoms with E-state index in [0.29, 0.717) is 12.6 Å². The van der Waals surface area contributed by atoms with Crippen molar-refractivity contribution in [2.45, 2.75) is 18.9 Å². The molecule has 0 spiro atoms. The molecule has 0 amide bonds. The molecule has 1 saturated heterocycles. The number of rotatable bonds is 6. The monoisotopic (exact) mass is 366 g/mol. The van der Waals surface area contributed by atoms with Gasteiger partial charge in [0.25, 0.3) is 0 Å². The first kappa shape index (κ1) is 19.0. The van der Waals surface area contributed by atoms with E-state index < -0.39 is 16.8 Å². The Kier molecular flexibility index (Phi) is 6.55. The lowest BCUT2D eigenvalue weighted by Gasteiger charge is -2.24. The highest BCUT2D eigenvalue weighted by molar-refractivity contribution is 5.86. The Hall–Kier alpha value is -2.38. The SMILES string of the molecule is Cl.O=C(OCCN1CCCC1c1ccccc1)c1ccc([N+](=O)[O-])o1. The largest absolute Gasteiger partial charge is 0.458 e. The van der Waals surface area contributed by atoms with Gasteiger partial charge in [-0.3, -0.25) is 15.0 Å². The van der Waals surface area contributed by atoms with Crippen LogP contribution in [0.25, 0.3) is 0 Å². The van der Waals surface area contributed by atoms with Gasteiger partial charge in [-0.25, -0.2) is 4.79 Å². The standard InChI is InChI=1S/C17H18N2O5.ClH/c20-17(15-8-9-16(24-15)19(21)22)23-12-11-18-10-4-7-14(18)13-5-2-1-3-6-13;/h1-3,5-6,8-9,14H,4,7,10-12H2;1H. The fourth-order valence-corrected chi connectivity index (χ4v) is 3.01. The summed E-state index contributed by atoms with van der Waals surface area (Å²) >= 11 is 0. The average Bonchev–Trinajstić information content (AvgIpc) is 3.25. The van der Waals surface area contributed by atoms with Gasteiger partial charge in [0, 0.05) is 12.6 Å². The number of halogens is 1. The minimum Gasteiger partial charge on any atom is -0.458 e. The molecule has 2 aromatic rings. The zero-order valence-electron chi connectivity index (χ0n) is 13.5. The van der Waals surface area contributed by atoms with Crippen LogP contribution in [-0.4, -0.2) is 35.5 Å². The first-order chi connectivity index (χ1) is 11.6. The van der Waals surface area contributed by atoms with Crippen LogP contribution in [0.2, 0.25) is 0 Å². The van der Waals surface area contributed by atoms with E-state index in [4.69, 9.17) is 9.15 Å². The second-order valence-electron chi connectivity index (χ2n) is 5.64. The van der Waals surface area contributed by atoms with Crippen molar-refractivity contribution < 1.29 is 18.9 Å². The van der Waals surface area contributed by atoms with Crippen molar-refractivity contribution >= 4 is 24.3 Å². The molecule has 1 unspecified atom stereocenters. The Bertz CT molecular complexity index is 719. The molecular weight excluding hydrogens is 348 g/mol.